The highest BCUT2D eigenvalue weighted by Crippen LogP contribution is 2.18. The number of nitrogens with one attached hydrogen (secondary N) is 2. The van der Waals surface area contributed by atoms with Gasteiger partial charge in [0.2, 0.25) is 0 Å². The molecule has 0 atom stereocenters. The molecule has 0 aliphatic rings. The van der Waals surface area contributed by atoms with Crippen molar-refractivity contribution < 1.29 is 14.4 Å². The summed E-state index contributed by atoms with van der Waals surface area (Å²) in [5.41, 5.74) is 4.14. The molecule has 0 saturated carbocycles. The van der Waals surface area contributed by atoms with E-state index in [1.807, 2.05) is 6.92 Å². The van der Waals surface area contributed by atoms with Gasteiger partial charge in [-0.05, 0) is 33.8 Å². The number of hydrogen-bond donors (Lipinski definition) is 2. The topological polar surface area (TPSA) is 72.5 Å². The van der Waals surface area contributed by atoms with E-state index in [4.69, 9.17) is 9.57 Å². The van der Waals surface area contributed by atoms with E-state index in [9.17, 15) is 4.79 Å². The number of anilines is 2. The molecule has 0 saturated heterocycles. The molecular weight excluding hydrogens is 234 g/mol. The third kappa shape index (κ3) is 4.58. The Balaban J connectivity index is 2.73. The zero-order valence-corrected chi connectivity index (χ0v) is 11.3. The molecule has 2 N–H and O–H groups in total. The monoisotopic (exact) mass is 253 g/mol. The Kier molecular flexibility index (Phi) is 4.49. The first kappa shape index (κ1) is 14.2. The van der Waals surface area contributed by atoms with Gasteiger partial charge in [0.05, 0.1) is 30.4 Å². The maximum absolute atomic E-state index is 11.6. The lowest BCUT2D eigenvalue weighted by Crippen LogP contribution is -2.27. The second kappa shape index (κ2) is 5.68. The van der Waals surface area contributed by atoms with Gasteiger partial charge in [-0.2, -0.15) is 0 Å². The Morgan fingerprint density at radius 2 is 2.06 bits per heavy atom. The van der Waals surface area contributed by atoms with Crippen LogP contribution >= 0.6 is 0 Å². The summed E-state index contributed by atoms with van der Waals surface area (Å²) in [6, 6.07) is 1.72. The fraction of sp³-hybridized carbons (Fsp3) is 0.500. The largest absolute Gasteiger partial charge is 0.444 e. The van der Waals surface area contributed by atoms with Crippen LogP contribution in [0.15, 0.2) is 12.3 Å². The van der Waals surface area contributed by atoms with Crippen molar-refractivity contribution in [1.29, 1.82) is 0 Å². The van der Waals surface area contributed by atoms with E-state index in [0.29, 0.717) is 11.4 Å². The molecule has 0 aliphatic carbocycles. The van der Waals surface area contributed by atoms with Crippen molar-refractivity contribution in [2.75, 3.05) is 17.9 Å². The van der Waals surface area contributed by atoms with Gasteiger partial charge in [0, 0.05) is 0 Å². The minimum Gasteiger partial charge on any atom is -0.444 e. The number of aryl methyl sites for hydroxylation is 1. The molecule has 0 unspecified atom stereocenters. The van der Waals surface area contributed by atoms with Gasteiger partial charge in [-0.25, -0.2) is 4.79 Å². The van der Waals surface area contributed by atoms with E-state index >= 15 is 0 Å². The predicted octanol–water partition coefficient (Wildman–Crippen LogP) is 2.71. The number of carbonyl (C=O) groups is 1. The van der Waals surface area contributed by atoms with Crippen LogP contribution in [-0.2, 0) is 9.57 Å². The lowest BCUT2D eigenvalue weighted by molar-refractivity contribution is 0.0636. The minimum atomic E-state index is -0.532. The van der Waals surface area contributed by atoms with Crippen LogP contribution in [0.3, 0.4) is 0 Å². The zero-order valence-electron chi connectivity index (χ0n) is 11.3. The number of aromatic nitrogens is 1. The molecule has 0 aromatic carbocycles. The molecule has 6 nitrogen and oxygen atoms in total. The molecule has 1 aromatic heterocycles. The normalized spacial score (nSPS) is 10.9. The fourth-order valence-corrected chi connectivity index (χ4v) is 1.24. The minimum absolute atomic E-state index is 0.517. The standard InChI is InChI=1S/C12H19N3O3/c1-8-10(15-17-5)6-9(7-13-8)14-11(16)18-12(2,3)4/h6-7,15H,1-5H3,(H,14,16). The van der Waals surface area contributed by atoms with Gasteiger partial charge in [0.25, 0.3) is 0 Å². The Morgan fingerprint density at radius 3 is 2.61 bits per heavy atom. The smallest absolute Gasteiger partial charge is 0.412 e. The summed E-state index contributed by atoms with van der Waals surface area (Å²) in [5, 5.41) is 2.61. The van der Waals surface area contributed by atoms with E-state index < -0.39 is 11.7 Å². The summed E-state index contributed by atoms with van der Waals surface area (Å²) in [6.07, 6.45) is 1.04. The predicted molar refractivity (Wildman–Crippen MR) is 69.5 cm³/mol. The molecule has 1 amide bonds. The third-order valence-electron chi connectivity index (χ3n) is 1.94. The molecule has 0 radical (unpaired) electrons. The molecule has 1 heterocycles. The van der Waals surface area contributed by atoms with E-state index in [1.165, 1.54) is 7.11 Å². The van der Waals surface area contributed by atoms with Crippen molar-refractivity contribution in [2.24, 2.45) is 0 Å². The fourth-order valence-electron chi connectivity index (χ4n) is 1.24. The van der Waals surface area contributed by atoms with Crippen LogP contribution in [0.5, 0.6) is 0 Å². The Morgan fingerprint density at radius 1 is 1.39 bits per heavy atom. The highest BCUT2D eigenvalue weighted by atomic mass is 16.6. The first-order valence-electron chi connectivity index (χ1n) is 5.57. The lowest BCUT2D eigenvalue weighted by atomic mass is 10.2. The van der Waals surface area contributed by atoms with Crippen LogP contribution in [-0.4, -0.2) is 23.8 Å². The molecule has 0 spiro atoms. The summed E-state index contributed by atoms with van der Waals surface area (Å²) < 4.78 is 5.14. The Bertz CT molecular complexity index is 427. The summed E-state index contributed by atoms with van der Waals surface area (Å²) in [4.78, 5) is 20.5. The van der Waals surface area contributed by atoms with Crippen molar-refractivity contribution in [1.82, 2.24) is 4.98 Å². The Labute approximate surface area is 107 Å². The second-order valence-electron chi connectivity index (χ2n) is 4.79. The zero-order chi connectivity index (χ0) is 13.8. The van der Waals surface area contributed by atoms with Crippen LogP contribution < -0.4 is 10.8 Å². The van der Waals surface area contributed by atoms with Crippen LogP contribution in [0, 0.1) is 6.92 Å². The van der Waals surface area contributed by atoms with Gasteiger partial charge in [-0.3, -0.25) is 20.6 Å². The van der Waals surface area contributed by atoms with E-state index in [0.717, 1.165) is 5.69 Å². The molecular formula is C12H19N3O3. The summed E-state index contributed by atoms with van der Waals surface area (Å²) in [6.45, 7) is 7.24. The van der Waals surface area contributed by atoms with Crippen LogP contribution in [0.4, 0.5) is 16.2 Å². The average molecular weight is 253 g/mol. The van der Waals surface area contributed by atoms with E-state index in [2.05, 4.69) is 15.8 Å². The van der Waals surface area contributed by atoms with Crippen LogP contribution in [0.25, 0.3) is 0 Å². The molecule has 1 aromatic rings. The SMILES string of the molecule is CONc1cc(NC(=O)OC(C)(C)C)cnc1C. The van der Waals surface area contributed by atoms with E-state index in [1.54, 1.807) is 33.0 Å². The highest BCUT2D eigenvalue weighted by Gasteiger charge is 2.16. The van der Waals surface area contributed by atoms with Gasteiger partial charge in [-0.15, -0.1) is 0 Å². The molecule has 0 aliphatic heterocycles. The number of ether oxygens (including phenoxy) is 1. The summed E-state index contributed by atoms with van der Waals surface area (Å²) >= 11 is 0. The van der Waals surface area contributed by atoms with Crippen LogP contribution in [0.2, 0.25) is 0 Å². The third-order valence-corrected chi connectivity index (χ3v) is 1.94. The number of hydrogen-bond acceptors (Lipinski definition) is 5. The summed E-state index contributed by atoms with van der Waals surface area (Å²) in [7, 11) is 1.51. The molecule has 1 rings (SSSR count). The van der Waals surface area contributed by atoms with Crippen LogP contribution in [0.1, 0.15) is 26.5 Å². The molecule has 0 fully saturated rings. The number of nitrogens with zero attached hydrogens (tertiary/aromatic N) is 1. The average Bonchev–Trinajstić information content (AvgIpc) is 2.20. The number of pyridine rings is 1. The lowest BCUT2D eigenvalue weighted by Gasteiger charge is -2.19. The molecule has 18 heavy (non-hydrogen) atoms. The summed E-state index contributed by atoms with van der Waals surface area (Å²) in [5.74, 6) is 0. The van der Waals surface area contributed by atoms with Crippen molar-refractivity contribution in [3.8, 4) is 0 Å². The van der Waals surface area contributed by atoms with Crippen molar-refractivity contribution in [3.63, 3.8) is 0 Å². The van der Waals surface area contributed by atoms with Gasteiger partial charge >= 0.3 is 6.09 Å². The highest BCUT2D eigenvalue weighted by molar-refractivity contribution is 5.85. The van der Waals surface area contributed by atoms with Gasteiger partial charge in [0.1, 0.15) is 5.60 Å². The number of carbonyl (C=O) groups excluding carboxylic acids is 1. The van der Waals surface area contributed by atoms with Crippen molar-refractivity contribution in [3.05, 3.63) is 18.0 Å². The molecule has 100 valence electrons. The first-order valence-corrected chi connectivity index (χ1v) is 5.57. The van der Waals surface area contributed by atoms with E-state index in [-0.39, 0.29) is 0 Å². The first-order chi connectivity index (χ1) is 8.31. The quantitative estimate of drug-likeness (QED) is 0.810. The van der Waals surface area contributed by atoms with Gasteiger partial charge < -0.3 is 4.74 Å². The number of rotatable bonds is 3. The maximum atomic E-state index is 11.6. The maximum Gasteiger partial charge on any atom is 0.412 e. The molecule has 0 bridgehead atoms. The Hall–Kier alpha value is -1.82. The molecule has 6 heteroatoms. The van der Waals surface area contributed by atoms with Gasteiger partial charge in [-0.1, -0.05) is 0 Å². The second-order valence-corrected chi connectivity index (χ2v) is 4.79. The number of amides is 1. The van der Waals surface area contributed by atoms with Gasteiger partial charge in [0.15, 0.2) is 0 Å². The van der Waals surface area contributed by atoms with Crippen molar-refractivity contribution >= 4 is 17.5 Å². The van der Waals surface area contributed by atoms with Crippen molar-refractivity contribution in [2.45, 2.75) is 33.3 Å².